The number of amides is 2. The molecule has 0 saturated carbocycles. The first-order chi connectivity index (χ1) is 12.0. The van der Waals surface area contributed by atoms with E-state index in [0.29, 0.717) is 22.1 Å². The maximum Gasteiger partial charge on any atom is 0.267 e. The lowest BCUT2D eigenvalue weighted by Gasteiger charge is -2.32. The quantitative estimate of drug-likeness (QED) is 0.904. The van der Waals surface area contributed by atoms with Crippen LogP contribution in [0, 0.1) is 6.92 Å². The summed E-state index contributed by atoms with van der Waals surface area (Å²) < 4.78 is 5.60. The normalized spacial score (nSPS) is 16.2. The van der Waals surface area contributed by atoms with Gasteiger partial charge in [-0.05, 0) is 43.7 Å². The van der Waals surface area contributed by atoms with Crippen LogP contribution in [0.1, 0.15) is 18.9 Å². The Kier molecular flexibility index (Phi) is 4.95. The molecule has 0 aromatic heterocycles. The third-order valence-electron chi connectivity index (χ3n) is 4.18. The Bertz CT molecular complexity index is 822. The summed E-state index contributed by atoms with van der Waals surface area (Å²) in [6.07, 6.45) is -0.383. The molecule has 2 aromatic carbocycles. The highest BCUT2D eigenvalue weighted by molar-refractivity contribution is 6.31. The molecule has 25 heavy (non-hydrogen) atoms. The smallest absolute Gasteiger partial charge is 0.267 e. The van der Waals surface area contributed by atoms with Gasteiger partial charge in [-0.2, -0.15) is 0 Å². The van der Waals surface area contributed by atoms with Crippen LogP contribution in [0.15, 0.2) is 42.5 Å². The van der Waals surface area contributed by atoms with Crippen LogP contribution >= 0.6 is 11.6 Å². The summed E-state index contributed by atoms with van der Waals surface area (Å²) in [5.41, 5.74) is 2.19. The molecule has 1 aliphatic heterocycles. The van der Waals surface area contributed by atoms with Gasteiger partial charge in [-0.3, -0.25) is 9.59 Å². The Hall–Kier alpha value is -2.53. The number of nitrogens with zero attached hydrogens (tertiary/aromatic N) is 1. The van der Waals surface area contributed by atoms with Crippen LogP contribution in [0.3, 0.4) is 0 Å². The molecule has 0 unspecified atom stereocenters. The maximum atomic E-state index is 12.4. The average Bonchev–Trinajstić information content (AvgIpc) is 2.59. The van der Waals surface area contributed by atoms with Crippen LogP contribution in [-0.4, -0.2) is 24.5 Å². The Labute approximate surface area is 151 Å². The van der Waals surface area contributed by atoms with Crippen molar-refractivity contribution in [2.24, 2.45) is 0 Å². The zero-order valence-electron chi connectivity index (χ0n) is 14.1. The van der Waals surface area contributed by atoms with E-state index < -0.39 is 6.10 Å². The fourth-order valence-corrected chi connectivity index (χ4v) is 2.93. The molecule has 0 fully saturated rings. The second-order valence-corrected chi connectivity index (χ2v) is 6.34. The lowest BCUT2D eigenvalue weighted by atomic mass is 10.1. The van der Waals surface area contributed by atoms with Crippen LogP contribution in [0.4, 0.5) is 11.4 Å². The summed E-state index contributed by atoms with van der Waals surface area (Å²) in [6.45, 7) is 3.84. The molecule has 0 saturated heterocycles. The van der Waals surface area contributed by atoms with Gasteiger partial charge >= 0.3 is 0 Å². The SMILES string of the molecule is Cc1c(Cl)cccc1NC(=O)CCN1C(=O)[C@@H](C)Oc2ccccc21. The van der Waals surface area contributed by atoms with Crippen molar-refractivity contribution in [2.45, 2.75) is 26.4 Å². The fourth-order valence-electron chi connectivity index (χ4n) is 2.76. The molecule has 1 N–H and O–H groups in total. The number of benzene rings is 2. The Morgan fingerprint density at radius 3 is 2.80 bits per heavy atom. The van der Waals surface area contributed by atoms with E-state index in [1.165, 1.54) is 0 Å². The molecule has 0 bridgehead atoms. The molecule has 0 aliphatic carbocycles. The van der Waals surface area contributed by atoms with E-state index in [2.05, 4.69) is 5.32 Å². The molecule has 2 aromatic rings. The van der Waals surface area contributed by atoms with Crippen molar-refractivity contribution >= 4 is 34.8 Å². The average molecular weight is 359 g/mol. The van der Waals surface area contributed by atoms with Gasteiger partial charge in [0.1, 0.15) is 5.75 Å². The highest BCUT2D eigenvalue weighted by atomic mass is 35.5. The topological polar surface area (TPSA) is 58.6 Å². The highest BCUT2D eigenvalue weighted by Gasteiger charge is 2.31. The summed E-state index contributed by atoms with van der Waals surface area (Å²) in [7, 11) is 0. The number of nitrogens with one attached hydrogen (secondary N) is 1. The summed E-state index contributed by atoms with van der Waals surface area (Å²) in [4.78, 5) is 26.3. The first-order valence-electron chi connectivity index (χ1n) is 8.09. The molecule has 1 atom stereocenters. The minimum Gasteiger partial charge on any atom is -0.479 e. The third-order valence-corrected chi connectivity index (χ3v) is 4.59. The molecule has 2 amide bonds. The second-order valence-electron chi connectivity index (χ2n) is 5.93. The first kappa shape index (κ1) is 17.3. The molecule has 3 rings (SSSR count). The lowest BCUT2D eigenvalue weighted by molar-refractivity contribution is -0.125. The van der Waals surface area contributed by atoms with E-state index >= 15 is 0 Å². The van der Waals surface area contributed by atoms with Crippen molar-refractivity contribution in [1.82, 2.24) is 0 Å². The number of carbonyl (C=O) groups excluding carboxylic acids is 2. The van der Waals surface area contributed by atoms with E-state index in [1.807, 2.05) is 31.2 Å². The van der Waals surface area contributed by atoms with Crippen LogP contribution in [-0.2, 0) is 9.59 Å². The molecular weight excluding hydrogens is 340 g/mol. The number of para-hydroxylation sites is 2. The number of anilines is 2. The number of fused-ring (bicyclic) bond motifs is 1. The number of carbonyl (C=O) groups is 2. The van der Waals surface area contributed by atoms with Gasteiger partial charge < -0.3 is 15.0 Å². The van der Waals surface area contributed by atoms with Crippen molar-refractivity contribution in [3.63, 3.8) is 0 Å². The van der Waals surface area contributed by atoms with Gasteiger partial charge in [0, 0.05) is 23.7 Å². The van der Waals surface area contributed by atoms with E-state index in [4.69, 9.17) is 16.3 Å². The predicted octanol–water partition coefficient (Wildman–Crippen LogP) is 3.79. The minimum absolute atomic E-state index is 0.148. The van der Waals surface area contributed by atoms with Crippen molar-refractivity contribution in [1.29, 1.82) is 0 Å². The lowest BCUT2D eigenvalue weighted by Crippen LogP contribution is -2.45. The van der Waals surface area contributed by atoms with Gasteiger partial charge in [-0.25, -0.2) is 0 Å². The van der Waals surface area contributed by atoms with Gasteiger partial charge in [0.25, 0.3) is 5.91 Å². The first-order valence-corrected chi connectivity index (χ1v) is 8.47. The second kappa shape index (κ2) is 7.15. The van der Waals surface area contributed by atoms with E-state index in [-0.39, 0.29) is 24.8 Å². The van der Waals surface area contributed by atoms with Crippen LogP contribution in [0.2, 0.25) is 5.02 Å². The minimum atomic E-state index is -0.562. The predicted molar refractivity (Wildman–Crippen MR) is 98.3 cm³/mol. The number of ether oxygens (including phenoxy) is 1. The number of hydrogen-bond acceptors (Lipinski definition) is 3. The number of hydrogen-bond donors (Lipinski definition) is 1. The fraction of sp³-hybridized carbons (Fsp3) is 0.263. The summed E-state index contributed by atoms with van der Waals surface area (Å²) in [5, 5.41) is 3.45. The molecule has 130 valence electrons. The largest absolute Gasteiger partial charge is 0.479 e. The Morgan fingerprint density at radius 2 is 2.00 bits per heavy atom. The zero-order chi connectivity index (χ0) is 18.0. The molecule has 0 radical (unpaired) electrons. The van der Waals surface area contributed by atoms with Crippen LogP contribution in [0.25, 0.3) is 0 Å². The Balaban J connectivity index is 1.69. The van der Waals surface area contributed by atoms with Gasteiger partial charge in [0.15, 0.2) is 6.10 Å². The van der Waals surface area contributed by atoms with Crippen LogP contribution < -0.4 is 15.0 Å². The summed E-state index contributed by atoms with van der Waals surface area (Å²) in [5.74, 6) is 0.334. The molecule has 1 heterocycles. The van der Waals surface area contributed by atoms with E-state index in [0.717, 1.165) is 5.56 Å². The monoisotopic (exact) mass is 358 g/mol. The molecule has 5 nitrogen and oxygen atoms in total. The number of halogens is 1. The van der Waals surface area contributed by atoms with Crippen molar-refractivity contribution in [2.75, 3.05) is 16.8 Å². The third kappa shape index (κ3) is 3.61. The number of rotatable bonds is 4. The molecule has 6 heteroatoms. The Morgan fingerprint density at radius 1 is 1.24 bits per heavy atom. The zero-order valence-corrected chi connectivity index (χ0v) is 14.8. The van der Waals surface area contributed by atoms with Gasteiger partial charge in [-0.15, -0.1) is 0 Å². The van der Waals surface area contributed by atoms with E-state index in [1.54, 1.807) is 30.0 Å². The van der Waals surface area contributed by atoms with Crippen molar-refractivity contribution in [3.05, 3.63) is 53.1 Å². The van der Waals surface area contributed by atoms with Gasteiger partial charge in [-0.1, -0.05) is 29.8 Å². The van der Waals surface area contributed by atoms with Crippen molar-refractivity contribution < 1.29 is 14.3 Å². The maximum absolute atomic E-state index is 12.4. The summed E-state index contributed by atoms with van der Waals surface area (Å²) in [6, 6.07) is 12.7. The molecular formula is C19H19ClN2O3. The highest BCUT2D eigenvalue weighted by Crippen LogP contribution is 2.33. The van der Waals surface area contributed by atoms with Crippen molar-refractivity contribution in [3.8, 4) is 5.75 Å². The van der Waals surface area contributed by atoms with E-state index in [9.17, 15) is 9.59 Å². The summed E-state index contributed by atoms with van der Waals surface area (Å²) >= 11 is 6.07. The molecule has 0 spiro atoms. The van der Waals surface area contributed by atoms with Crippen LogP contribution in [0.5, 0.6) is 5.75 Å². The molecule has 1 aliphatic rings. The van der Waals surface area contributed by atoms with Gasteiger partial charge in [0.05, 0.1) is 5.69 Å². The standard InChI is InChI=1S/C19H19ClN2O3/c1-12-14(20)6-5-7-15(12)21-18(23)10-11-22-16-8-3-4-9-17(16)25-13(2)19(22)24/h3-9,13H,10-11H2,1-2H3,(H,21,23)/t13-/m1/s1. The van der Waals surface area contributed by atoms with Gasteiger partial charge in [0.2, 0.25) is 5.91 Å².